The third-order valence-corrected chi connectivity index (χ3v) is 6.87. The predicted octanol–water partition coefficient (Wildman–Crippen LogP) is 5.83. The number of ether oxygens (including phenoxy) is 1. The summed E-state index contributed by atoms with van der Waals surface area (Å²) in [6, 6.07) is 30.6. The van der Waals surface area contributed by atoms with Crippen molar-refractivity contribution in [1.82, 2.24) is 4.57 Å². The summed E-state index contributed by atoms with van der Waals surface area (Å²) in [5.74, 6) is -0.233. The van der Waals surface area contributed by atoms with Gasteiger partial charge in [0.15, 0.2) is 4.80 Å². The fourth-order valence-electron chi connectivity index (χ4n) is 4.03. The van der Waals surface area contributed by atoms with E-state index in [0.29, 0.717) is 23.5 Å². The topological polar surface area (TPSA) is 43.6 Å². The van der Waals surface area contributed by atoms with Crippen molar-refractivity contribution < 1.29 is 9.53 Å². The Hall–Kier alpha value is -3.54. The molecule has 0 aliphatic rings. The van der Waals surface area contributed by atoms with Crippen LogP contribution in [0, 0.1) is 0 Å². The minimum atomic E-state index is -0.233. The van der Waals surface area contributed by atoms with Gasteiger partial charge >= 0.3 is 0 Å². The molecule has 1 heterocycles. The Morgan fingerprint density at radius 3 is 2.39 bits per heavy atom. The molecule has 0 spiro atoms. The quantitative estimate of drug-likeness (QED) is 0.325. The van der Waals surface area contributed by atoms with Crippen LogP contribution in [0.2, 0.25) is 0 Å². The molecule has 33 heavy (non-hydrogen) atoms. The molecule has 0 saturated heterocycles. The molecule has 0 saturated carbocycles. The average molecular weight is 453 g/mol. The lowest BCUT2D eigenvalue weighted by Gasteiger charge is -2.05. The molecule has 1 amide bonds. The maximum Gasteiger partial charge on any atom is 0.279 e. The highest BCUT2D eigenvalue weighted by Gasteiger charge is 2.12. The van der Waals surface area contributed by atoms with Gasteiger partial charge < -0.3 is 9.30 Å². The van der Waals surface area contributed by atoms with Crippen molar-refractivity contribution in [3.8, 4) is 0 Å². The smallest absolute Gasteiger partial charge is 0.279 e. The van der Waals surface area contributed by atoms with Crippen molar-refractivity contribution >= 4 is 38.2 Å². The van der Waals surface area contributed by atoms with Crippen LogP contribution in [-0.2, 0) is 17.7 Å². The first-order valence-corrected chi connectivity index (χ1v) is 11.8. The normalized spacial score (nSPS) is 12.0. The van der Waals surface area contributed by atoms with E-state index in [-0.39, 0.29) is 5.91 Å². The van der Waals surface area contributed by atoms with Crippen LogP contribution in [0.5, 0.6) is 0 Å². The lowest BCUT2D eigenvalue weighted by atomic mass is 10.0. The number of hydrogen-bond acceptors (Lipinski definition) is 3. The van der Waals surface area contributed by atoms with Crippen LogP contribution < -0.4 is 4.80 Å². The highest BCUT2D eigenvalue weighted by molar-refractivity contribution is 7.17. The molecule has 164 valence electrons. The second kappa shape index (κ2) is 9.53. The number of rotatable bonds is 6. The van der Waals surface area contributed by atoms with Gasteiger partial charge in [-0.25, -0.2) is 0 Å². The number of carbonyl (C=O) groups excluding carboxylic acids is 1. The number of benzene rings is 4. The summed E-state index contributed by atoms with van der Waals surface area (Å²) in [5.41, 5.74) is 4.08. The third kappa shape index (κ3) is 4.51. The first-order valence-electron chi connectivity index (χ1n) is 10.9. The van der Waals surface area contributed by atoms with Gasteiger partial charge in [0.1, 0.15) is 0 Å². The summed E-state index contributed by atoms with van der Waals surface area (Å²) in [6.45, 7) is 1.19. The summed E-state index contributed by atoms with van der Waals surface area (Å²) in [6.07, 6.45) is 0.840. The zero-order chi connectivity index (χ0) is 22.6. The Morgan fingerprint density at radius 1 is 0.879 bits per heavy atom. The van der Waals surface area contributed by atoms with Crippen LogP contribution >= 0.6 is 11.3 Å². The SMILES string of the molecule is COCCn1c(=NC(=O)c2ccc(Cc3ccccc3)cc2)sc2c3ccccc3ccc21. The van der Waals surface area contributed by atoms with Crippen LogP contribution in [0.1, 0.15) is 21.5 Å². The van der Waals surface area contributed by atoms with Gasteiger partial charge in [0.05, 0.1) is 16.8 Å². The monoisotopic (exact) mass is 452 g/mol. The number of nitrogens with zero attached hydrogens (tertiary/aromatic N) is 2. The highest BCUT2D eigenvalue weighted by Crippen LogP contribution is 2.27. The summed E-state index contributed by atoms with van der Waals surface area (Å²) in [4.78, 5) is 18.3. The van der Waals surface area contributed by atoms with E-state index in [4.69, 9.17) is 4.74 Å². The van der Waals surface area contributed by atoms with E-state index in [2.05, 4.69) is 46.0 Å². The van der Waals surface area contributed by atoms with E-state index in [9.17, 15) is 4.79 Å². The van der Waals surface area contributed by atoms with Gasteiger partial charge in [-0.3, -0.25) is 4.79 Å². The Morgan fingerprint density at radius 2 is 1.61 bits per heavy atom. The largest absolute Gasteiger partial charge is 0.383 e. The van der Waals surface area contributed by atoms with Crippen molar-refractivity contribution in [2.45, 2.75) is 13.0 Å². The summed E-state index contributed by atoms with van der Waals surface area (Å²) < 4.78 is 8.53. The fourth-order valence-corrected chi connectivity index (χ4v) is 5.22. The van der Waals surface area contributed by atoms with Crippen LogP contribution in [0.3, 0.4) is 0 Å². The lowest BCUT2D eigenvalue weighted by molar-refractivity contribution is 0.0997. The van der Waals surface area contributed by atoms with Gasteiger partial charge in [-0.1, -0.05) is 84.1 Å². The molecule has 0 N–H and O–H groups in total. The second-order valence-electron chi connectivity index (χ2n) is 7.94. The lowest BCUT2D eigenvalue weighted by Crippen LogP contribution is -2.19. The second-order valence-corrected chi connectivity index (χ2v) is 8.92. The molecule has 5 rings (SSSR count). The number of aromatic nitrogens is 1. The molecular weight excluding hydrogens is 428 g/mol. The molecule has 0 aliphatic carbocycles. The summed E-state index contributed by atoms with van der Waals surface area (Å²) >= 11 is 1.55. The first kappa shape index (κ1) is 21.3. The minimum Gasteiger partial charge on any atom is -0.383 e. The van der Waals surface area contributed by atoms with Gasteiger partial charge in [0, 0.05) is 24.6 Å². The maximum atomic E-state index is 13.0. The number of carbonyl (C=O) groups is 1. The van der Waals surface area contributed by atoms with E-state index in [1.807, 2.05) is 54.6 Å². The van der Waals surface area contributed by atoms with Gasteiger partial charge in [0.25, 0.3) is 5.91 Å². The molecule has 0 aliphatic heterocycles. The Kier molecular flexibility index (Phi) is 6.15. The summed E-state index contributed by atoms with van der Waals surface area (Å²) in [5, 5.41) is 2.35. The number of methoxy groups -OCH3 is 1. The van der Waals surface area contributed by atoms with E-state index in [0.717, 1.165) is 16.6 Å². The molecule has 5 aromatic rings. The first-order chi connectivity index (χ1) is 16.2. The number of hydrogen-bond donors (Lipinski definition) is 0. The molecule has 0 atom stereocenters. The Labute approximate surface area is 196 Å². The Bertz CT molecular complexity index is 1480. The zero-order valence-corrected chi connectivity index (χ0v) is 19.2. The number of fused-ring (bicyclic) bond motifs is 3. The molecule has 0 radical (unpaired) electrons. The van der Waals surface area contributed by atoms with Crippen molar-refractivity contribution in [3.05, 3.63) is 112 Å². The molecule has 4 aromatic carbocycles. The van der Waals surface area contributed by atoms with Gasteiger partial charge in [0.2, 0.25) is 0 Å². The van der Waals surface area contributed by atoms with E-state index < -0.39 is 0 Å². The third-order valence-electron chi connectivity index (χ3n) is 5.74. The minimum absolute atomic E-state index is 0.233. The maximum absolute atomic E-state index is 13.0. The van der Waals surface area contributed by atoms with E-state index in [1.165, 1.54) is 21.9 Å². The fraction of sp³-hybridized carbons (Fsp3) is 0.143. The molecule has 0 unspecified atom stereocenters. The van der Waals surface area contributed by atoms with Gasteiger partial charge in [-0.15, -0.1) is 0 Å². The zero-order valence-electron chi connectivity index (χ0n) is 18.4. The van der Waals surface area contributed by atoms with E-state index in [1.54, 1.807) is 18.4 Å². The van der Waals surface area contributed by atoms with Gasteiger partial charge in [-0.2, -0.15) is 4.99 Å². The van der Waals surface area contributed by atoms with Gasteiger partial charge in [-0.05, 0) is 41.1 Å². The summed E-state index contributed by atoms with van der Waals surface area (Å²) in [7, 11) is 1.68. The number of amides is 1. The predicted molar refractivity (Wildman–Crippen MR) is 135 cm³/mol. The van der Waals surface area contributed by atoms with Crippen molar-refractivity contribution in [3.63, 3.8) is 0 Å². The van der Waals surface area contributed by atoms with Crippen LogP contribution in [-0.4, -0.2) is 24.2 Å². The van der Waals surface area contributed by atoms with E-state index >= 15 is 0 Å². The van der Waals surface area contributed by atoms with Crippen molar-refractivity contribution in [1.29, 1.82) is 0 Å². The highest BCUT2D eigenvalue weighted by atomic mass is 32.1. The molecule has 5 heteroatoms. The molecule has 0 bridgehead atoms. The molecular formula is C28H24N2O2S. The Balaban J connectivity index is 1.51. The average Bonchev–Trinajstić information content (AvgIpc) is 3.21. The molecule has 4 nitrogen and oxygen atoms in total. The molecule has 0 fully saturated rings. The van der Waals surface area contributed by atoms with Crippen LogP contribution in [0.4, 0.5) is 0 Å². The standard InChI is InChI=1S/C28H24N2O2S/c1-32-18-17-30-25-16-15-22-9-5-6-10-24(22)26(25)33-28(30)29-27(31)23-13-11-21(12-14-23)19-20-7-3-2-4-8-20/h2-16H,17-19H2,1H3. The number of thiazole rings is 1. The molecule has 1 aromatic heterocycles. The van der Waals surface area contributed by atoms with Crippen LogP contribution in [0.15, 0.2) is 96.0 Å². The van der Waals surface area contributed by atoms with Crippen molar-refractivity contribution in [2.75, 3.05) is 13.7 Å². The van der Waals surface area contributed by atoms with Crippen molar-refractivity contribution in [2.24, 2.45) is 4.99 Å². The van der Waals surface area contributed by atoms with Crippen LogP contribution in [0.25, 0.3) is 21.0 Å².